The van der Waals surface area contributed by atoms with Crippen molar-refractivity contribution in [3.63, 3.8) is 0 Å². The smallest absolute Gasteiger partial charge is 0.225 e. The van der Waals surface area contributed by atoms with E-state index in [9.17, 15) is 4.79 Å². The van der Waals surface area contributed by atoms with Crippen LogP contribution >= 0.6 is 22.9 Å². The lowest BCUT2D eigenvalue weighted by Gasteiger charge is -2.10. The molecule has 4 heteroatoms. The highest BCUT2D eigenvalue weighted by molar-refractivity contribution is 7.16. The second-order valence-corrected chi connectivity index (χ2v) is 5.06. The highest BCUT2D eigenvalue weighted by Gasteiger charge is 2.07. The van der Waals surface area contributed by atoms with Gasteiger partial charge < -0.3 is 5.32 Å². The fraction of sp³-hybridized carbons (Fsp3) is 0.500. The van der Waals surface area contributed by atoms with Crippen molar-refractivity contribution in [2.75, 3.05) is 0 Å². The molecule has 1 aromatic rings. The number of halogens is 1. The Bertz CT molecular complexity index is 311. The van der Waals surface area contributed by atoms with E-state index in [0.717, 1.165) is 15.6 Å². The minimum absolute atomic E-state index is 0.0675. The summed E-state index contributed by atoms with van der Waals surface area (Å²) in [5.41, 5.74) is 0. The molecule has 78 valence electrons. The molecular weight excluding hydrogens is 218 g/mol. The van der Waals surface area contributed by atoms with E-state index in [2.05, 4.69) is 5.32 Å². The highest BCUT2D eigenvalue weighted by Crippen LogP contribution is 2.21. The number of carbonyl (C=O) groups excluding carboxylic acids is 1. The molecule has 0 aromatic carbocycles. The minimum atomic E-state index is 0.0675. The van der Waals surface area contributed by atoms with Crippen molar-refractivity contribution in [3.8, 4) is 0 Å². The zero-order chi connectivity index (χ0) is 10.6. The minimum Gasteiger partial charge on any atom is -0.353 e. The number of carbonyl (C=O) groups is 1. The van der Waals surface area contributed by atoms with Crippen molar-refractivity contribution >= 4 is 28.8 Å². The quantitative estimate of drug-likeness (QED) is 0.849. The van der Waals surface area contributed by atoms with E-state index in [1.807, 2.05) is 26.0 Å². The van der Waals surface area contributed by atoms with Gasteiger partial charge in [0.25, 0.3) is 0 Å². The van der Waals surface area contributed by atoms with Crippen molar-refractivity contribution in [3.05, 3.63) is 21.3 Å². The molecule has 1 rings (SSSR count). The maximum Gasteiger partial charge on any atom is 0.225 e. The molecule has 0 radical (unpaired) electrons. The molecule has 1 aromatic heterocycles. The molecule has 0 spiro atoms. The summed E-state index contributed by atoms with van der Waals surface area (Å²) in [5, 5.41) is 2.91. The largest absolute Gasteiger partial charge is 0.353 e. The monoisotopic (exact) mass is 231 g/mol. The number of nitrogens with one attached hydrogen (secondary N) is 1. The zero-order valence-corrected chi connectivity index (χ0v) is 9.91. The van der Waals surface area contributed by atoms with Crippen molar-refractivity contribution in [1.29, 1.82) is 0 Å². The van der Waals surface area contributed by atoms with Crippen LogP contribution in [0.2, 0.25) is 4.34 Å². The van der Waals surface area contributed by atoms with Crippen LogP contribution in [0.1, 0.15) is 25.1 Å². The third kappa shape index (κ3) is 3.68. The van der Waals surface area contributed by atoms with Gasteiger partial charge in [0.15, 0.2) is 0 Å². The first-order chi connectivity index (χ1) is 6.61. The predicted octanol–water partition coefficient (Wildman–Crippen LogP) is 2.86. The summed E-state index contributed by atoms with van der Waals surface area (Å²) < 4.78 is 0.733. The molecule has 1 atom stereocenters. The fourth-order valence-electron chi connectivity index (χ4n) is 1.03. The van der Waals surface area contributed by atoms with Crippen LogP contribution < -0.4 is 5.32 Å². The first-order valence-electron chi connectivity index (χ1n) is 4.65. The van der Waals surface area contributed by atoms with Gasteiger partial charge in [0.05, 0.1) is 10.8 Å². The summed E-state index contributed by atoms with van der Waals surface area (Å²) in [6.07, 6.45) is 1.39. The second kappa shape index (κ2) is 5.37. The number of thiophene rings is 1. The Labute approximate surface area is 93.3 Å². The van der Waals surface area contributed by atoms with Gasteiger partial charge in [0, 0.05) is 10.9 Å². The van der Waals surface area contributed by atoms with E-state index >= 15 is 0 Å². The fourth-order valence-corrected chi connectivity index (χ4v) is 2.12. The molecule has 2 nitrogen and oxygen atoms in total. The molecule has 14 heavy (non-hydrogen) atoms. The molecular formula is C10H14ClNOS. The van der Waals surface area contributed by atoms with Gasteiger partial charge in [-0.2, -0.15) is 0 Å². The van der Waals surface area contributed by atoms with Crippen LogP contribution in [-0.2, 0) is 11.2 Å². The third-order valence-electron chi connectivity index (χ3n) is 1.98. The van der Waals surface area contributed by atoms with Gasteiger partial charge in [-0.25, -0.2) is 0 Å². The lowest BCUT2D eigenvalue weighted by molar-refractivity contribution is -0.121. The topological polar surface area (TPSA) is 29.1 Å². The summed E-state index contributed by atoms with van der Waals surface area (Å²) in [6, 6.07) is 3.96. The SMILES string of the molecule is CCC(C)NC(=O)Cc1ccc(Cl)s1. The van der Waals surface area contributed by atoms with Gasteiger partial charge in [-0.05, 0) is 25.5 Å². The molecule has 1 N–H and O–H groups in total. The summed E-state index contributed by atoms with van der Waals surface area (Å²) >= 11 is 7.22. The molecule has 0 aliphatic rings. The van der Waals surface area contributed by atoms with Gasteiger partial charge in [0.1, 0.15) is 0 Å². The standard InChI is InChI=1S/C10H14ClNOS/c1-3-7(2)12-10(13)6-8-4-5-9(11)14-8/h4-5,7H,3,6H2,1-2H3,(H,12,13). The van der Waals surface area contributed by atoms with Crippen molar-refractivity contribution in [2.24, 2.45) is 0 Å². The molecule has 0 fully saturated rings. The van der Waals surface area contributed by atoms with Crippen molar-refractivity contribution in [2.45, 2.75) is 32.7 Å². The summed E-state index contributed by atoms with van der Waals surface area (Å²) in [4.78, 5) is 12.5. The van der Waals surface area contributed by atoms with Crippen molar-refractivity contribution in [1.82, 2.24) is 5.32 Å². The average Bonchev–Trinajstić information content (AvgIpc) is 2.50. The Balaban J connectivity index is 2.41. The first-order valence-corrected chi connectivity index (χ1v) is 5.84. The van der Waals surface area contributed by atoms with Crippen LogP contribution in [0.5, 0.6) is 0 Å². The van der Waals surface area contributed by atoms with Crippen molar-refractivity contribution < 1.29 is 4.79 Å². The zero-order valence-electron chi connectivity index (χ0n) is 8.34. The number of amides is 1. The van der Waals surface area contributed by atoms with Gasteiger partial charge in [-0.3, -0.25) is 4.79 Å². The van der Waals surface area contributed by atoms with Gasteiger partial charge in [0.2, 0.25) is 5.91 Å². The van der Waals surface area contributed by atoms with Gasteiger partial charge in [-0.15, -0.1) is 11.3 Å². The van der Waals surface area contributed by atoms with E-state index in [1.165, 1.54) is 11.3 Å². The molecule has 0 bridgehead atoms. The summed E-state index contributed by atoms with van der Waals surface area (Å²) in [7, 11) is 0. The lowest BCUT2D eigenvalue weighted by Crippen LogP contribution is -2.32. The first kappa shape index (κ1) is 11.5. The molecule has 0 saturated heterocycles. The predicted molar refractivity (Wildman–Crippen MR) is 60.9 cm³/mol. The molecule has 0 aliphatic heterocycles. The maximum atomic E-state index is 11.4. The number of rotatable bonds is 4. The third-order valence-corrected chi connectivity index (χ3v) is 3.21. The van der Waals surface area contributed by atoms with Crippen LogP contribution in [0.25, 0.3) is 0 Å². The number of hydrogen-bond acceptors (Lipinski definition) is 2. The Morgan fingerprint density at radius 2 is 2.36 bits per heavy atom. The maximum absolute atomic E-state index is 11.4. The Morgan fingerprint density at radius 3 is 2.86 bits per heavy atom. The van der Waals surface area contributed by atoms with Crippen LogP contribution in [0, 0.1) is 0 Å². The summed E-state index contributed by atoms with van der Waals surface area (Å²) in [6.45, 7) is 4.05. The lowest BCUT2D eigenvalue weighted by atomic mass is 10.2. The van der Waals surface area contributed by atoms with Crippen LogP contribution in [0.15, 0.2) is 12.1 Å². The molecule has 1 unspecified atom stereocenters. The van der Waals surface area contributed by atoms with Crippen LogP contribution in [0.4, 0.5) is 0 Å². The highest BCUT2D eigenvalue weighted by atomic mass is 35.5. The average molecular weight is 232 g/mol. The van der Waals surface area contributed by atoms with E-state index in [-0.39, 0.29) is 11.9 Å². The second-order valence-electron chi connectivity index (χ2n) is 3.26. The molecule has 1 amide bonds. The Hall–Kier alpha value is -0.540. The van der Waals surface area contributed by atoms with Gasteiger partial charge in [-0.1, -0.05) is 18.5 Å². The molecule has 1 heterocycles. The van der Waals surface area contributed by atoms with E-state index in [0.29, 0.717) is 6.42 Å². The number of hydrogen-bond donors (Lipinski definition) is 1. The Morgan fingerprint density at radius 1 is 1.64 bits per heavy atom. The Kier molecular flexibility index (Phi) is 4.42. The molecule has 0 saturated carbocycles. The van der Waals surface area contributed by atoms with E-state index < -0.39 is 0 Å². The van der Waals surface area contributed by atoms with E-state index in [4.69, 9.17) is 11.6 Å². The normalized spacial score (nSPS) is 12.5. The van der Waals surface area contributed by atoms with E-state index in [1.54, 1.807) is 0 Å². The van der Waals surface area contributed by atoms with Crippen LogP contribution in [0.3, 0.4) is 0 Å². The van der Waals surface area contributed by atoms with Gasteiger partial charge >= 0.3 is 0 Å². The summed E-state index contributed by atoms with van der Waals surface area (Å²) in [5.74, 6) is 0.0675. The van der Waals surface area contributed by atoms with Crippen LogP contribution in [-0.4, -0.2) is 11.9 Å². The molecule has 0 aliphatic carbocycles.